The van der Waals surface area contributed by atoms with E-state index in [9.17, 15) is 4.79 Å². The van der Waals surface area contributed by atoms with Gasteiger partial charge in [-0.05, 0) is 19.1 Å². The minimum absolute atomic E-state index is 0.00380. The number of nitrogen functional groups attached to an aromatic ring is 1. The summed E-state index contributed by atoms with van der Waals surface area (Å²) in [7, 11) is 0. The fourth-order valence-electron chi connectivity index (χ4n) is 2.27. The summed E-state index contributed by atoms with van der Waals surface area (Å²) in [5, 5.41) is 3.64. The van der Waals surface area contributed by atoms with Crippen LogP contribution in [-0.4, -0.2) is 31.8 Å². The van der Waals surface area contributed by atoms with Crippen LogP contribution in [0.5, 0.6) is 0 Å². The number of hydrogen-bond acceptors (Lipinski definition) is 5. The molecular weight excluding hydrogens is 292 g/mol. The van der Waals surface area contributed by atoms with Crippen molar-refractivity contribution in [2.45, 2.75) is 26.8 Å². The van der Waals surface area contributed by atoms with Gasteiger partial charge in [0.1, 0.15) is 0 Å². The van der Waals surface area contributed by atoms with Gasteiger partial charge in [-0.3, -0.25) is 0 Å². The summed E-state index contributed by atoms with van der Waals surface area (Å²) in [5.74, 6) is -0.451. The first-order chi connectivity index (χ1) is 9.85. The molecule has 0 saturated carbocycles. The summed E-state index contributed by atoms with van der Waals surface area (Å²) in [6.07, 6.45) is 0. The highest BCUT2D eigenvalue weighted by Crippen LogP contribution is 2.34. The number of anilines is 2. The molecule has 0 aromatic heterocycles. The van der Waals surface area contributed by atoms with Crippen molar-refractivity contribution < 1.29 is 14.3 Å². The third-order valence-corrected chi connectivity index (χ3v) is 3.98. The number of nitrogens with two attached hydrogens (primary N) is 1. The molecule has 1 heterocycles. The van der Waals surface area contributed by atoms with Crippen molar-refractivity contribution in [1.29, 1.82) is 0 Å². The second-order valence-electron chi connectivity index (χ2n) is 5.84. The standard InChI is InChI=1S/C15H21ClN2O3/c1-4-21-14(19)9-5-12(11(17)6-10(9)16)18-13-7-20-8-15(13,2)3/h5-6,13,18H,4,7-8,17H2,1-3H3/t13-/m1/s1. The molecule has 3 N–H and O–H groups in total. The molecular formula is C15H21ClN2O3. The van der Waals surface area contributed by atoms with E-state index in [0.29, 0.717) is 41.8 Å². The number of carbonyl (C=O) groups is 1. The minimum atomic E-state index is -0.451. The average molecular weight is 313 g/mol. The molecule has 21 heavy (non-hydrogen) atoms. The Morgan fingerprint density at radius 3 is 2.86 bits per heavy atom. The lowest BCUT2D eigenvalue weighted by atomic mass is 9.87. The van der Waals surface area contributed by atoms with Gasteiger partial charge in [0.25, 0.3) is 0 Å². The molecule has 1 fully saturated rings. The van der Waals surface area contributed by atoms with Crippen LogP contribution in [-0.2, 0) is 9.47 Å². The number of carbonyl (C=O) groups excluding carboxylic acids is 1. The first-order valence-electron chi connectivity index (χ1n) is 6.95. The van der Waals surface area contributed by atoms with Crippen LogP contribution in [0.15, 0.2) is 12.1 Å². The van der Waals surface area contributed by atoms with E-state index in [2.05, 4.69) is 19.2 Å². The van der Waals surface area contributed by atoms with Crippen LogP contribution < -0.4 is 11.1 Å². The maximum absolute atomic E-state index is 11.9. The Hall–Kier alpha value is -1.46. The molecule has 1 saturated heterocycles. The summed E-state index contributed by atoms with van der Waals surface area (Å²) >= 11 is 6.07. The van der Waals surface area contributed by atoms with Gasteiger partial charge < -0.3 is 20.5 Å². The maximum Gasteiger partial charge on any atom is 0.339 e. The van der Waals surface area contributed by atoms with Crippen molar-refractivity contribution in [2.24, 2.45) is 5.41 Å². The SMILES string of the molecule is CCOC(=O)c1cc(N[C@@H]2COCC2(C)C)c(N)cc1Cl. The van der Waals surface area contributed by atoms with Gasteiger partial charge in [-0.1, -0.05) is 25.4 Å². The molecule has 0 bridgehead atoms. The van der Waals surface area contributed by atoms with E-state index in [1.54, 1.807) is 19.1 Å². The molecule has 6 heteroatoms. The van der Waals surface area contributed by atoms with Crippen molar-refractivity contribution >= 4 is 28.9 Å². The molecule has 5 nitrogen and oxygen atoms in total. The number of hydrogen-bond donors (Lipinski definition) is 2. The first-order valence-corrected chi connectivity index (χ1v) is 7.33. The Morgan fingerprint density at radius 1 is 1.57 bits per heavy atom. The second kappa shape index (κ2) is 6.12. The highest BCUT2D eigenvalue weighted by Gasteiger charge is 2.36. The zero-order valence-corrected chi connectivity index (χ0v) is 13.3. The van der Waals surface area contributed by atoms with E-state index in [4.69, 9.17) is 26.8 Å². The molecule has 1 aliphatic heterocycles. The Kier molecular flexibility index (Phi) is 4.64. The van der Waals surface area contributed by atoms with Gasteiger partial charge in [0.15, 0.2) is 0 Å². The molecule has 1 aromatic carbocycles. The van der Waals surface area contributed by atoms with Crippen LogP contribution in [0.1, 0.15) is 31.1 Å². The summed E-state index contributed by atoms with van der Waals surface area (Å²) in [6.45, 7) is 7.57. The number of benzene rings is 1. The zero-order valence-electron chi connectivity index (χ0n) is 12.5. The van der Waals surface area contributed by atoms with Gasteiger partial charge in [0.2, 0.25) is 0 Å². The lowest BCUT2D eigenvalue weighted by Crippen LogP contribution is -2.34. The first kappa shape index (κ1) is 15.9. The Balaban J connectivity index is 2.27. The fraction of sp³-hybridized carbons (Fsp3) is 0.533. The normalized spacial score (nSPS) is 20.3. The third-order valence-electron chi connectivity index (χ3n) is 3.67. The molecule has 116 valence electrons. The quantitative estimate of drug-likeness (QED) is 0.660. The monoisotopic (exact) mass is 312 g/mol. The zero-order chi connectivity index (χ0) is 15.6. The minimum Gasteiger partial charge on any atom is -0.462 e. The van der Waals surface area contributed by atoms with Crippen LogP contribution in [0.2, 0.25) is 5.02 Å². The highest BCUT2D eigenvalue weighted by atomic mass is 35.5. The molecule has 0 spiro atoms. The fourth-order valence-corrected chi connectivity index (χ4v) is 2.52. The van der Waals surface area contributed by atoms with Gasteiger partial charge in [0.05, 0.1) is 47.8 Å². The van der Waals surface area contributed by atoms with E-state index in [0.717, 1.165) is 0 Å². The summed E-state index contributed by atoms with van der Waals surface area (Å²) in [6, 6.07) is 3.33. The van der Waals surface area contributed by atoms with E-state index in [1.807, 2.05) is 0 Å². The van der Waals surface area contributed by atoms with Crippen LogP contribution in [0.3, 0.4) is 0 Å². The maximum atomic E-state index is 11.9. The van der Waals surface area contributed by atoms with Gasteiger partial charge in [-0.25, -0.2) is 4.79 Å². The van der Waals surface area contributed by atoms with Crippen molar-refractivity contribution in [3.63, 3.8) is 0 Å². The Labute approximate surface area is 129 Å². The topological polar surface area (TPSA) is 73.6 Å². The van der Waals surface area contributed by atoms with Crippen molar-refractivity contribution in [3.05, 3.63) is 22.7 Å². The Bertz CT molecular complexity index is 546. The van der Waals surface area contributed by atoms with E-state index < -0.39 is 5.97 Å². The van der Waals surface area contributed by atoms with Crippen LogP contribution in [0, 0.1) is 5.41 Å². The lowest BCUT2D eigenvalue weighted by molar-refractivity contribution is 0.0526. The lowest BCUT2D eigenvalue weighted by Gasteiger charge is -2.27. The van der Waals surface area contributed by atoms with E-state index in [-0.39, 0.29) is 11.5 Å². The summed E-state index contributed by atoms with van der Waals surface area (Å²) in [4.78, 5) is 11.9. The average Bonchev–Trinajstić information content (AvgIpc) is 2.72. The molecule has 0 amide bonds. The number of esters is 1. The predicted molar refractivity (Wildman–Crippen MR) is 83.8 cm³/mol. The largest absolute Gasteiger partial charge is 0.462 e. The summed E-state index contributed by atoms with van der Waals surface area (Å²) < 4.78 is 10.5. The molecule has 1 aliphatic rings. The van der Waals surface area contributed by atoms with Crippen molar-refractivity contribution in [1.82, 2.24) is 0 Å². The molecule has 2 rings (SSSR count). The second-order valence-corrected chi connectivity index (χ2v) is 6.25. The number of rotatable bonds is 4. The summed E-state index contributed by atoms with van der Waals surface area (Å²) in [5.41, 5.74) is 7.47. The molecule has 0 radical (unpaired) electrons. The van der Waals surface area contributed by atoms with Gasteiger partial charge in [0, 0.05) is 5.41 Å². The van der Waals surface area contributed by atoms with E-state index in [1.165, 1.54) is 0 Å². The van der Waals surface area contributed by atoms with Crippen LogP contribution in [0.4, 0.5) is 11.4 Å². The highest BCUT2D eigenvalue weighted by molar-refractivity contribution is 6.34. The Morgan fingerprint density at radius 2 is 2.29 bits per heavy atom. The number of ether oxygens (including phenoxy) is 2. The molecule has 1 aromatic rings. The smallest absolute Gasteiger partial charge is 0.339 e. The number of nitrogens with one attached hydrogen (secondary N) is 1. The van der Waals surface area contributed by atoms with Crippen molar-refractivity contribution in [2.75, 3.05) is 30.9 Å². The van der Waals surface area contributed by atoms with Crippen LogP contribution in [0.25, 0.3) is 0 Å². The third kappa shape index (κ3) is 3.41. The predicted octanol–water partition coefficient (Wildman–Crippen LogP) is 2.94. The van der Waals surface area contributed by atoms with Crippen molar-refractivity contribution in [3.8, 4) is 0 Å². The van der Waals surface area contributed by atoms with Crippen LogP contribution >= 0.6 is 11.6 Å². The molecule has 1 atom stereocenters. The molecule has 0 unspecified atom stereocenters. The van der Waals surface area contributed by atoms with Gasteiger partial charge in [-0.15, -0.1) is 0 Å². The van der Waals surface area contributed by atoms with Gasteiger partial charge >= 0.3 is 5.97 Å². The number of halogens is 1. The molecule has 0 aliphatic carbocycles. The van der Waals surface area contributed by atoms with Gasteiger partial charge in [-0.2, -0.15) is 0 Å². The van der Waals surface area contributed by atoms with E-state index >= 15 is 0 Å².